The lowest BCUT2D eigenvalue weighted by Crippen LogP contribution is -2.54. The molecule has 4 rings (SSSR count). The summed E-state index contributed by atoms with van der Waals surface area (Å²) in [5, 5.41) is 0. The first-order valence-electron chi connectivity index (χ1n) is 12.4. The number of ether oxygens (including phenoxy) is 2. The number of carbonyl (C=O) groups excluding carboxylic acids is 2. The van der Waals surface area contributed by atoms with Gasteiger partial charge in [-0.1, -0.05) is 25.8 Å². The summed E-state index contributed by atoms with van der Waals surface area (Å²) < 4.78 is 11.6. The van der Waals surface area contributed by atoms with Crippen LogP contribution in [0.1, 0.15) is 79.1 Å². The average molecular weight is 480 g/mol. The molecule has 0 spiro atoms. The molecule has 0 unspecified atom stereocenters. The van der Waals surface area contributed by atoms with Crippen LogP contribution in [0.25, 0.3) is 0 Å². The molecule has 0 saturated heterocycles. The molecule has 6 nitrogen and oxygen atoms in total. The third-order valence-corrected chi connectivity index (χ3v) is 8.95. The number of esters is 2. The van der Waals surface area contributed by atoms with Gasteiger partial charge in [0.05, 0.1) is 12.3 Å². The monoisotopic (exact) mass is 479 g/mol. The molecule has 6 atom stereocenters. The SMILES string of the molecule is CC(=O)O[C@@H]1CC2=CC(NOCCCCl)=C3[C@@H]4CCC[C@@]4(C)CC[C@@H]3[C@@]2(C)[C@H](OC(C)=O)C1. The van der Waals surface area contributed by atoms with Gasteiger partial charge in [0.2, 0.25) is 0 Å². The Kier molecular flexibility index (Phi) is 7.16. The fourth-order valence-corrected chi connectivity index (χ4v) is 7.24. The van der Waals surface area contributed by atoms with Crippen molar-refractivity contribution in [2.45, 2.75) is 91.3 Å². The van der Waals surface area contributed by atoms with Gasteiger partial charge in [-0.2, -0.15) is 0 Å². The Bertz CT molecular complexity index is 854. The number of hydrogen-bond acceptors (Lipinski definition) is 6. The van der Waals surface area contributed by atoms with Crippen molar-refractivity contribution in [1.82, 2.24) is 5.48 Å². The molecule has 0 aromatic rings. The molecule has 33 heavy (non-hydrogen) atoms. The first kappa shape index (κ1) is 24.6. The fraction of sp³-hybridized carbons (Fsp3) is 0.769. The van der Waals surface area contributed by atoms with Crippen molar-refractivity contribution in [2.24, 2.45) is 22.7 Å². The van der Waals surface area contributed by atoms with Crippen LogP contribution in [0.2, 0.25) is 0 Å². The lowest BCUT2D eigenvalue weighted by Gasteiger charge is -2.56. The van der Waals surface area contributed by atoms with Gasteiger partial charge in [-0.25, -0.2) is 0 Å². The highest BCUT2D eigenvalue weighted by molar-refractivity contribution is 6.17. The van der Waals surface area contributed by atoms with E-state index in [1.807, 2.05) is 0 Å². The number of nitrogens with one attached hydrogen (secondary N) is 1. The van der Waals surface area contributed by atoms with Crippen LogP contribution in [0.4, 0.5) is 0 Å². The van der Waals surface area contributed by atoms with Gasteiger partial charge in [0, 0.05) is 38.0 Å². The van der Waals surface area contributed by atoms with Gasteiger partial charge in [0.1, 0.15) is 12.2 Å². The summed E-state index contributed by atoms with van der Waals surface area (Å²) in [5.41, 5.74) is 6.92. The third kappa shape index (κ3) is 4.58. The van der Waals surface area contributed by atoms with Crippen molar-refractivity contribution >= 4 is 23.5 Å². The number of hydrogen-bond donors (Lipinski definition) is 1. The van der Waals surface area contributed by atoms with Gasteiger partial charge >= 0.3 is 11.9 Å². The summed E-state index contributed by atoms with van der Waals surface area (Å²) in [5.74, 6) is 0.721. The van der Waals surface area contributed by atoms with Crippen LogP contribution in [0, 0.1) is 22.7 Å². The molecule has 0 radical (unpaired) electrons. The Hall–Kier alpha value is -1.53. The lowest BCUT2D eigenvalue weighted by molar-refractivity contribution is -0.165. The third-order valence-electron chi connectivity index (χ3n) is 8.68. The standard InChI is InChI=1S/C26H38ClNO5/c1-16(29)32-19-13-18-14-22(28-31-12-6-11-27)24-20-7-5-9-25(20,3)10-8-21(24)26(18,4)23(15-19)33-17(2)30/h14,19-21,23,28H,5-13,15H2,1-4H3/t19-,20+,21+,23-,25+,26+/m1/s1. The van der Waals surface area contributed by atoms with Crippen LogP contribution in [0.3, 0.4) is 0 Å². The van der Waals surface area contributed by atoms with Crippen molar-refractivity contribution in [1.29, 1.82) is 0 Å². The highest BCUT2D eigenvalue weighted by atomic mass is 35.5. The zero-order valence-corrected chi connectivity index (χ0v) is 21.1. The number of hydroxylamine groups is 1. The zero-order valence-electron chi connectivity index (χ0n) is 20.4. The molecule has 7 heteroatoms. The molecule has 184 valence electrons. The summed E-state index contributed by atoms with van der Waals surface area (Å²) in [7, 11) is 0. The van der Waals surface area contributed by atoms with E-state index in [4.69, 9.17) is 25.9 Å². The van der Waals surface area contributed by atoms with Crippen LogP contribution >= 0.6 is 11.6 Å². The average Bonchev–Trinajstić information content (AvgIpc) is 3.13. The molecule has 0 amide bonds. The summed E-state index contributed by atoms with van der Waals surface area (Å²) in [6.07, 6.45) is 9.44. The first-order valence-corrected chi connectivity index (χ1v) is 13.0. The van der Waals surface area contributed by atoms with Crippen LogP contribution in [0.5, 0.6) is 0 Å². The molecule has 3 fully saturated rings. The van der Waals surface area contributed by atoms with Gasteiger partial charge < -0.3 is 9.47 Å². The minimum Gasteiger partial charge on any atom is -0.462 e. The van der Waals surface area contributed by atoms with Crippen molar-refractivity contribution in [3.63, 3.8) is 0 Å². The van der Waals surface area contributed by atoms with Gasteiger partial charge in [-0.15, -0.1) is 11.6 Å². The van der Waals surface area contributed by atoms with E-state index in [1.165, 1.54) is 50.7 Å². The number of halogens is 1. The number of carbonyl (C=O) groups is 2. The second-order valence-electron chi connectivity index (χ2n) is 10.8. The van der Waals surface area contributed by atoms with Gasteiger partial charge in [-0.05, 0) is 61.0 Å². The van der Waals surface area contributed by atoms with Gasteiger partial charge in [0.15, 0.2) is 0 Å². The lowest BCUT2D eigenvalue weighted by atomic mass is 9.50. The Morgan fingerprint density at radius 2 is 1.88 bits per heavy atom. The van der Waals surface area contributed by atoms with E-state index in [0.717, 1.165) is 18.5 Å². The largest absolute Gasteiger partial charge is 0.462 e. The quantitative estimate of drug-likeness (QED) is 0.234. The smallest absolute Gasteiger partial charge is 0.302 e. The van der Waals surface area contributed by atoms with E-state index in [9.17, 15) is 9.59 Å². The highest BCUT2D eigenvalue weighted by Gasteiger charge is 2.59. The Morgan fingerprint density at radius 1 is 1.12 bits per heavy atom. The maximum Gasteiger partial charge on any atom is 0.302 e. The second-order valence-corrected chi connectivity index (χ2v) is 11.2. The molecular formula is C26H38ClNO5. The van der Waals surface area contributed by atoms with E-state index in [2.05, 4.69) is 25.4 Å². The maximum absolute atomic E-state index is 12.1. The maximum atomic E-state index is 12.1. The predicted octanol–water partition coefficient (Wildman–Crippen LogP) is 5.21. The summed E-state index contributed by atoms with van der Waals surface area (Å²) in [6.45, 7) is 8.13. The molecule has 4 aliphatic rings. The van der Waals surface area contributed by atoms with Crippen LogP contribution in [-0.4, -0.2) is 36.6 Å². The molecule has 0 aromatic heterocycles. The van der Waals surface area contributed by atoms with E-state index in [-0.39, 0.29) is 35.5 Å². The molecule has 0 bridgehead atoms. The molecule has 4 aliphatic carbocycles. The second kappa shape index (κ2) is 9.61. The van der Waals surface area contributed by atoms with Gasteiger partial charge in [-0.3, -0.25) is 19.9 Å². The molecule has 3 saturated carbocycles. The van der Waals surface area contributed by atoms with Gasteiger partial charge in [0.25, 0.3) is 0 Å². The minimum atomic E-state index is -0.330. The fourth-order valence-electron chi connectivity index (χ4n) is 7.13. The number of fused-ring (bicyclic) bond motifs is 5. The molecule has 1 N–H and O–H groups in total. The van der Waals surface area contributed by atoms with Crippen molar-refractivity contribution in [3.05, 3.63) is 22.9 Å². The van der Waals surface area contributed by atoms with Crippen molar-refractivity contribution in [2.75, 3.05) is 12.5 Å². The topological polar surface area (TPSA) is 73.9 Å². The molecule has 0 heterocycles. The van der Waals surface area contributed by atoms with E-state index >= 15 is 0 Å². The predicted molar refractivity (Wildman–Crippen MR) is 126 cm³/mol. The summed E-state index contributed by atoms with van der Waals surface area (Å²) >= 11 is 5.83. The van der Waals surface area contributed by atoms with Crippen LogP contribution < -0.4 is 5.48 Å². The molecule has 0 aromatic carbocycles. The van der Waals surface area contributed by atoms with E-state index in [0.29, 0.717) is 36.7 Å². The zero-order chi connectivity index (χ0) is 23.8. The summed E-state index contributed by atoms with van der Waals surface area (Å²) in [6, 6.07) is 0. The number of allylic oxidation sites excluding steroid dienone is 2. The molecule has 0 aliphatic heterocycles. The first-order chi connectivity index (χ1) is 15.7. The van der Waals surface area contributed by atoms with Crippen molar-refractivity contribution < 1.29 is 23.9 Å². The Labute approximate surface area is 202 Å². The normalized spacial score (nSPS) is 37.4. The number of rotatable bonds is 7. The highest BCUT2D eigenvalue weighted by Crippen LogP contribution is 2.64. The van der Waals surface area contributed by atoms with Crippen LogP contribution in [-0.2, 0) is 23.9 Å². The summed E-state index contributed by atoms with van der Waals surface area (Å²) in [4.78, 5) is 29.7. The van der Waals surface area contributed by atoms with Crippen molar-refractivity contribution in [3.8, 4) is 0 Å². The Morgan fingerprint density at radius 3 is 2.58 bits per heavy atom. The minimum absolute atomic E-state index is 0.260. The van der Waals surface area contributed by atoms with E-state index in [1.54, 1.807) is 0 Å². The van der Waals surface area contributed by atoms with E-state index < -0.39 is 0 Å². The number of alkyl halides is 1. The van der Waals surface area contributed by atoms with Crippen LogP contribution in [0.15, 0.2) is 22.9 Å². The molecular weight excluding hydrogens is 442 g/mol. The Balaban J connectivity index is 1.76.